The van der Waals surface area contributed by atoms with Gasteiger partial charge in [0.2, 0.25) is 10.0 Å². The first kappa shape index (κ1) is 34.0. The second-order valence-electron chi connectivity index (χ2n) is 15.7. The molecular formula is C37H56N4O4S. The number of hydrogen-bond acceptors (Lipinski definition) is 7. The lowest BCUT2D eigenvalue weighted by Crippen LogP contribution is -2.64. The van der Waals surface area contributed by atoms with E-state index in [1.807, 2.05) is 6.07 Å². The first-order valence-electron chi connectivity index (χ1n) is 17.6. The highest BCUT2D eigenvalue weighted by Crippen LogP contribution is 2.38. The van der Waals surface area contributed by atoms with Crippen molar-refractivity contribution in [2.24, 2.45) is 11.3 Å². The summed E-state index contributed by atoms with van der Waals surface area (Å²) in [5.41, 5.74) is 4.98. The molecule has 0 aromatic heterocycles. The Bertz CT molecular complexity index is 1390. The van der Waals surface area contributed by atoms with Crippen molar-refractivity contribution in [2.45, 2.75) is 135 Å². The molecule has 9 heteroatoms. The summed E-state index contributed by atoms with van der Waals surface area (Å²) in [5, 5.41) is 6.70. The number of hydrogen-bond donors (Lipinski definition) is 3. The minimum absolute atomic E-state index is 0.0318. The van der Waals surface area contributed by atoms with Crippen LogP contribution in [0.5, 0.6) is 0 Å². The Balaban J connectivity index is 1.26. The van der Waals surface area contributed by atoms with Gasteiger partial charge >= 0.3 is 0 Å². The van der Waals surface area contributed by atoms with Crippen LogP contribution >= 0.6 is 0 Å². The second-order valence-corrected chi connectivity index (χ2v) is 17.7. The summed E-state index contributed by atoms with van der Waals surface area (Å²) in [4.78, 5) is 2.71. The molecule has 5 unspecified atom stereocenters. The summed E-state index contributed by atoms with van der Waals surface area (Å²) in [7, 11) is -3.55. The van der Waals surface area contributed by atoms with Gasteiger partial charge in [0.25, 0.3) is 0 Å². The van der Waals surface area contributed by atoms with Gasteiger partial charge in [-0.3, -0.25) is 15.5 Å². The van der Waals surface area contributed by atoms with Crippen molar-refractivity contribution in [1.82, 2.24) is 20.3 Å². The highest BCUT2D eigenvalue weighted by molar-refractivity contribution is 7.90. The van der Waals surface area contributed by atoms with Crippen LogP contribution < -0.4 is 15.4 Å². The van der Waals surface area contributed by atoms with E-state index in [4.69, 9.17) is 9.47 Å². The first-order chi connectivity index (χ1) is 21.9. The molecule has 4 bridgehead atoms. The monoisotopic (exact) mass is 652 g/mol. The van der Waals surface area contributed by atoms with Gasteiger partial charge in [-0.15, -0.1) is 0 Å². The number of sulfonamides is 1. The van der Waals surface area contributed by atoms with E-state index in [0.717, 1.165) is 45.1 Å². The maximum absolute atomic E-state index is 13.9. The molecule has 0 radical (unpaired) electrons. The fourth-order valence-electron chi connectivity index (χ4n) is 8.33. The van der Waals surface area contributed by atoms with E-state index in [2.05, 4.69) is 97.3 Å². The van der Waals surface area contributed by atoms with Crippen LogP contribution in [0.3, 0.4) is 0 Å². The quantitative estimate of drug-likeness (QED) is 0.358. The summed E-state index contributed by atoms with van der Waals surface area (Å²) in [5.74, 6) is 0.338. The summed E-state index contributed by atoms with van der Waals surface area (Å²) in [6, 6.07) is 17.4. The minimum atomic E-state index is -3.55. The van der Waals surface area contributed by atoms with E-state index in [1.54, 1.807) is 0 Å². The van der Waals surface area contributed by atoms with Gasteiger partial charge in [-0.2, -0.15) is 4.72 Å². The highest BCUT2D eigenvalue weighted by atomic mass is 32.2. The van der Waals surface area contributed by atoms with Crippen molar-refractivity contribution in [3.63, 3.8) is 0 Å². The maximum Gasteiger partial charge on any atom is 0.216 e. The van der Waals surface area contributed by atoms with Gasteiger partial charge in [0.15, 0.2) is 0 Å². The molecule has 0 spiro atoms. The van der Waals surface area contributed by atoms with Crippen molar-refractivity contribution in [2.75, 3.05) is 13.2 Å². The molecule has 6 atom stereocenters. The number of ether oxygens (including phenoxy) is 2. The Kier molecular flexibility index (Phi) is 10.6. The van der Waals surface area contributed by atoms with Crippen molar-refractivity contribution >= 4 is 10.0 Å². The Morgan fingerprint density at radius 3 is 2.39 bits per heavy atom. The molecule has 2 heterocycles. The molecule has 2 aromatic carbocycles. The Labute approximate surface area is 277 Å². The molecule has 8 nitrogen and oxygen atoms in total. The van der Waals surface area contributed by atoms with Crippen LogP contribution in [-0.4, -0.2) is 62.4 Å². The third kappa shape index (κ3) is 8.41. The van der Waals surface area contributed by atoms with E-state index in [1.165, 1.54) is 22.3 Å². The van der Waals surface area contributed by atoms with Crippen LogP contribution in [0.4, 0.5) is 0 Å². The van der Waals surface area contributed by atoms with E-state index >= 15 is 0 Å². The lowest BCUT2D eigenvalue weighted by atomic mass is 9.81. The Hall–Kier alpha value is -1.85. The molecule has 46 heavy (non-hydrogen) atoms. The average Bonchev–Trinajstić information content (AvgIpc) is 2.97. The van der Waals surface area contributed by atoms with Crippen LogP contribution in [0.15, 0.2) is 48.5 Å². The van der Waals surface area contributed by atoms with Gasteiger partial charge in [0, 0.05) is 31.1 Å². The zero-order valence-corrected chi connectivity index (χ0v) is 29.3. The molecule has 2 saturated heterocycles. The molecular weight excluding hydrogens is 596 g/mol. The Morgan fingerprint density at radius 2 is 1.67 bits per heavy atom. The van der Waals surface area contributed by atoms with Gasteiger partial charge in [-0.05, 0) is 86.0 Å². The van der Waals surface area contributed by atoms with Crippen molar-refractivity contribution < 1.29 is 17.9 Å². The normalized spacial score (nSPS) is 34.0. The predicted molar refractivity (Wildman–Crippen MR) is 183 cm³/mol. The second kappa shape index (κ2) is 14.3. The maximum atomic E-state index is 13.9. The minimum Gasteiger partial charge on any atom is -0.373 e. The predicted octanol–water partition coefficient (Wildman–Crippen LogP) is 5.90. The van der Waals surface area contributed by atoms with Gasteiger partial charge < -0.3 is 9.47 Å². The van der Waals surface area contributed by atoms with E-state index in [0.29, 0.717) is 38.0 Å². The number of nitrogens with one attached hydrogen (secondary N) is 3. The molecule has 254 valence electrons. The zero-order chi connectivity index (χ0) is 32.5. The number of fused-ring (bicyclic) bond motifs is 4. The van der Waals surface area contributed by atoms with Crippen molar-refractivity contribution in [1.29, 1.82) is 0 Å². The van der Waals surface area contributed by atoms with E-state index < -0.39 is 16.3 Å². The zero-order valence-electron chi connectivity index (χ0n) is 28.5. The molecule has 2 saturated carbocycles. The molecule has 2 aliphatic carbocycles. The summed E-state index contributed by atoms with van der Waals surface area (Å²) in [6.07, 6.45) is 6.54. The van der Waals surface area contributed by atoms with Crippen LogP contribution in [0.25, 0.3) is 0 Å². The molecule has 3 N–H and O–H groups in total. The van der Waals surface area contributed by atoms with Gasteiger partial charge in [0.1, 0.15) is 12.5 Å². The molecule has 2 aromatic rings. The van der Waals surface area contributed by atoms with Crippen molar-refractivity contribution in [3.8, 4) is 0 Å². The number of benzene rings is 2. The van der Waals surface area contributed by atoms with Gasteiger partial charge in [-0.25, -0.2) is 8.42 Å². The Morgan fingerprint density at radius 1 is 0.935 bits per heavy atom. The van der Waals surface area contributed by atoms with Gasteiger partial charge in [0.05, 0.1) is 24.6 Å². The van der Waals surface area contributed by atoms with Crippen LogP contribution in [-0.2, 0) is 26.1 Å². The number of rotatable bonds is 6. The topological polar surface area (TPSA) is 91.9 Å². The molecule has 2 aliphatic heterocycles. The van der Waals surface area contributed by atoms with Crippen LogP contribution in [0.2, 0.25) is 0 Å². The molecule has 4 aliphatic rings. The molecule has 6 rings (SSSR count). The number of aryl methyl sites for hydroxylation is 2. The van der Waals surface area contributed by atoms with Crippen LogP contribution in [0.1, 0.15) is 100 Å². The van der Waals surface area contributed by atoms with Crippen molar-refractivity contribution in [3.05, 3.63) is 70.8 Å². The number of nitrogens with zero attached hydrogens (tertiary/aromatic N) is 1. The fraction of sp³-hybridized carbons (Fsp3) is 0.676. The van der Waals surface area contributed by atoms with E-state index in [-0.39, 0.29) is 35.1 Å². The lowest BCUT2D eigenvalue weighted by Gasteiger charge is -2.49. The lowest BCUT2D eigenvalue weighted by molar-refractivity contribution is -0.0998. The fourth-order valence-corrected chi connectivity index (χ4v) is 9.99. The standard InChI is InChI=1S/C37H56N4O4S/c1-25-11-9-12-26(2)35(25)33-20-34-39-36(38-33)40-46(42,43)32-16-10-15-28(17-32)22-41(30(24-45-34)21-37(3,4)5)29-18-31(19-29)44-23-27-13-7-6-8-14-27/h6-9,11-14,28-34,36,38-40H,10,15-24H2,1-5H3/t28?,29?,30-,31?,32?,33?,34?,36?/m1/s1. The first-order valence-corrected chi connectivity index (χ1v) is 19.1. The highest BCUT2D eigenvalue weighted by Gasteiger charge is 2.43. The molecule has 4 fully saturated rings. The smallest absolute Gasteiger partial charge is 0.216 e. The van der Waals surface area contributed by atoms with Gasteiger partial charge in [-0.1, -0.05) is 75.7 Å². The van der Waals surface area contributed by atoms with Crippen LogP contribution in [0, 0.1) is 25.2 Å². The average molecular weight is 653 g/mol. The molecule has 0 amide bonds. The summed E-state index contributed by atoms with van der Waals surface area (Å²) >= 11 is 0. The summed E-state index contributed by atoms with van der Waals surface area (Å²) in [6.45, 7) is 13.4. The van der Waals surface area contributed by atoms with E-state index in [9.17, 15) is 8.42 Å². The third-order valence-electron chi connectivity index (χ3n) is 10.7. The largest absolute Gasteiger partial charge is 0.373 e. The third-order valence-corrected chi connectivity index (χ3v) is 12.5. The summed E-state index contributed by atoms with van der Waals surface area (Å²) < 4.78 is 44.0. The SMILES string of the molecule is Cc1cccc(C)c1C1CC2NC(N1)NS(=O)(=O)C1CCCC(C1)CN(C1CC(OCc3ccccc3)C1)[C@H](CC(C)(C)C)CO2.